The molecule has 3 aromatic rings. The number of allylic oxidation sites excluding steroid dienone is 5. The Morgan fingerprint density at radius 2 is 2.29 bits per heavy atom. The molecule has 9 nitrogen and oxygen atoms in total. The second-order valence-electron chi connectivity index (χ2n) is 7.50. The summed E-state index contributed by atoms with van der Waals surface area (Å²) >= 11 is 0. The van der Waals surface area contributed by atoms with Crippen LogP contribution in [0.2, 0.25) is 0 Å². The Balaban J connectivity index is 1.74. The van der Waals surface area contributed by atoms with E-state index in [1.165, 1.54) is 6.33 Å². The van der Waals surface area contributed by atoms with Crippen LogP contribution in [0.25, 0.3) is 22.3 Å². The zero-order chi connectivity index (χ0) is 21.8. The second-order valence-corrected chi connectivity index (χ2v) is 7.50. The molecule has 1 aliphatic rings. The molecular weight excluding hydrogens is 390 g/mol. The lowest BCUT2D eigenvalue weighted by atomic mass is 10.1. The summed E-state index contributed by atoms with van der Waals surface area (Å²) in [6, 6.07) is 0.0470. The Morgan fingerprint density at radius 1 is 1.42 bits per heavy atom. The van der Waals surface area contributed by atoms with E-state index in [0.717, 1.165) is 30.5 Å². The van der Waals surface area contributed by atoms with Crippen molar-refractivity contribution >= 4 is 16.9 Å². The van der Waals surface area contributed by atoms with Crippen molar-refractivity contribution in [2.24, 2.45) is 0 Å². The molecular formula is C22H25N9. The third-order valence-electron chi connectivity index (χ3n) is 5.37. The summed E-state index contributed by atoms with van der Waals surface area (Å²) in [5, 5.41) is 19.4. The minimum atomic E-state index is 0.0470. The number of nitrogens with zero attached hydrogens (tertiary/aromatic N) is 8. The van der Waals surface area contributed by atoms with E-state index in [9.17, 15) is 5.26 Å². The number of rotatable bonds is 6. The maximum Gasteiger partial charge on any atom is 0.179 e. The Labute approximate surface area is 180 Å². The van der Waals surface area contributed by atoms with Crippen molar-refractivity contribution in [3.05, 3.63) is 55.2 Å². The molecule has 0 aliphatic carbocycles. The van der Waals surface area contributed by atoms with Crippen LogP contribution < -0.4 is 5.73 Å². The zero-order valence-electron chi connectivity index (χ0n) is 17.5. The lowest BCUT2D eigenvalue weighted by Crippen LogP contribution is -2.33. The highest BCUT2D eigenvalue weighted by Gasteiger charge is 2.26. The van der Waals surface area contributed by atoms with Gasteiger partial charge in [-0.25, -0.2) is 14.6 Å². The summed E-state index contributed by atoms with van der Waals surface area (Å²) in [7, 11) is 0. The van der Waals surface area contributed by atoms with E-state index in [4.69, 9.17) is 10.8 Å². The molecule has 3 aromatic heterocycles. The molecule has 1 aliphatic heterocycles. The van der Waals surface area contributed by atoms with Crippen molar-refractivity contribution in [1.29, 1.82) is 5.26 Å². The van der Waals surface area contributed by atoms with E-state index in [2.05, 4.69) is 27.8 Å². The largest absolute Gasteiger partial charge is 0.383 e. The number of anilines is 1. The Hall–Kier alpha value is -3.93. The number of fused-ring (bicyclic) bond motifs is 1. The molecule has 0 bridgehead atoms. The van der Waals surface area contributed by atoms with Crippen LogP contribution in [0.5, 0.6) is 0 Å². The van der Waals surface area contributed by atoms with Gasteiger partial charge in [0.25, 0.3) is 0 Å². The number of nitrogens with two attached hydrogens (primary N) is 1. The molecule has 158 valence electrons. The summed E-state index contributed by atoms with van der Waals surface area (Å²) in [4.78, 5) is 10.4. The number of hydrogen-bond donors (Lipinski definition) is 1. The van der Waals surface area contributed by atoms with Crippen LogP contribution in [0, 0.1) is 11.5 Å². The lowest BCUT2D eigenvalue weighted by molar-refractivity contribution is 0.236. The van der Waals surface area contributed by atoms with Gasteiger partial charge in [0.2, 0.25) is 0 Å². The average molecular weight is 416 g/mol. The second kappa shape index (κ2) is 8.83. The minimum Gasteiger partial charge on any atom is -0.383 e. The summed E-state index contributed by atoms with van der Waals surface area (Å²) in [5.74, 6) is 0.383. The maximum absolute atomic E-state index is 9.32. The van der Waals surface area contributed by atoms with Crippen LogP contribution in [0.15, 0.2) is 55.2 Å². The van der Waals surface area contributed by atoms with Crippen molar-refractivity contribution in [2.45, 2.75) is 32.4 Å². The SMILES string of the molecule is C=C/C=C(\C=C/C)Cn1cc(-c2nn(C3CCCN(C#N)C3)c3ncnc(N)c23)cn1. The van der Waals surface area contributed by atoms with Gasteiger partial charge in [0.15, 0.2) is 11.8 Å². The topological polar surface area (TPSA) is 114 Å². The first kappa shape index (κ1) is 20.3. The molecule has 0 radical (unpaired) electrons. The highest BCUT2D eigenvalue weighted by Crippen LogP contribution is 2.33. The van der Waals surface area contributed by atoms with Gasteiger partial charge in [-0.05, 0) is 25.3 Å². The predicted octanol–water partition coefficient (Wildman–Crippen LogP) is 3.08. The van der Waals surface area contributed by atoms with E-state index < -0.39 is 0 Å². The van der Waals surface area contributed by atoms with Crippen molar-refractivity contribution < 1.29 is 0 Å². The Morgan fingerprint density at radius 3 is 3.06 bits per heavy atom. The quantitative estimate of drug-likeness (QED) is 0.486. The molecule has 1 atom stereocenters. The molecule has 9 heteroatoms. The first-order valence-electron chi connectivity index (χ1n) is 10.2. The highest BCUT2D eigenvalue weighted by molar-refractivity contribution is 5.98. The fourth-order valence-electron chi connectivity index (χ4n) is 3.98. The maximum atomic E-state index is 9.32. The molecule has 1 unspecified atom stereocenters. The van der Waals surface area contributed by atoms with Crippen LogP contribution in [0.1, 0.15) is 25.8 Å². The van der Waals surface area contributed by atoms with E-state index >= 15 is 0 Å². The van der Waals surface area contributed by atoms with Crippen LogP contribution >= 0.6 is 0 Å². The highest BCUT2D eigenvalue weighted by atomic mass is 15.4. The molecule has 4 rings (SSSR count). The van der Waals surface area contributed by atoms with Gasteiger partial charge in [-0.1, -0.05) is 30.9 Å². The fraction of sp³-hybridized carbons (Fsp3) is 0.318. The van der Waals surface area contributed by atoms with Crippen molar-refractivity contribution in [1.82, 2.24) is 34.4 Å². The average Bonchev–Trinajstić information content (AvgIpc) is 3.39. The third kappa shape index (κ3) is 4.05. The fourth-order valence-corrected chi connectivity index (χ4v) is 3.98. The van der Waals surface area contributed by atoms with Gasteiger partial charge in [0, 0.05) is 18.3 Å². The Kier molecular flexibility index (Phi) is 5.80. The molecule has 0 amide bonds. The van der Waals surface area contributed by atoms with Gasteiger partial charge >= 0.3 is 0 Å². The number of nitriles is 1. The number of aromatic nitrogens is 6. The van der Waals surface area contributed by atoms with E-state index in [1.807, 2.05) is 40.7 Å². The first-order valence-corrected chi connectivity index (χ1v) is 10.2. The smallest absolute Gasteiger partial charge is 0.179 e. The van der Waals surface area contributed by atoms with E-state index in [1.54, 1.807) is 17.2 Å². The number of piperidine rings is 1. The van der Waals surface area contributed by atoms with Gasteiger partial charge < -0.3 is 10.6 Å². The number of likely N-dealkylation sites (tertiary alicyclic amines) is 1. The van der Waals surface area contributed by atoms with Crippen LogP contribution in [0.4, 0.5) is 5.82 Å². The zero-order valence-corrected chi connectivity index (χ0v) is 17.5. The van der Waals surface area contributed by atoms with E-state index in [-0.39, 0.29) is 6.04 Å². The summed E-state index contributed by atoms with van der Waals surface area (Å²) in [5.41, 5.74) is 9.55. The summed E-state index contributed by atoms with van der Waals surface area (Å²) < 4.78 is 3.75. The van der Waals surface area contributed by atoms with E-state index in [0.29, 0.717) is 35.6 Å². The van der Waals surface area contributed by atoms with Crippen LogP contribution in [-0.2, 0) is 6.54 Å². The third-order valence-corrected chi connectivity index (χ3v) is 5.37. The van der Waals surface area contributed by atoms with Gasteiger partial charge in [0.05, 0.1) is 30.7 Å². The molecule has 0 aromatic carbocycles. The van der Waals surface area contributed by atoms with Gasteiger partial charge in [-0.2, -0.15) is 15.5 Å². The van der Waals surface area contributed by atoms with Gasteiger partial charge in [-0.15, -0.1) is 0 Å². The monoisotopic (exact) mass is 415 g/mol. The van der Waals surface area contributed by atoms with Crippen LogP contribution in [-0.4, -0.2) is 47.5 Å². The minimum absolute atomic E-state index is 0.0470. The lowest BCUT2D eigenvalue weighted by Gasteiger charge is -2.28. The van der Waals surface area contributed by atoms with Crippen molar-refractivity contribution in [2.75, 3.05) is 18.8 Å². The molecule has 1 fully saturated rings. The molecule has 0 saturated carbocycles. The molecule has 0 spiro atoms. The van der Waals surface area contributed by atoms with Gasteiger partial charge in [-0.3, -0.25) is 4.68 Å². The van der Waals surface area contributed by atoms with Crippen molar-refractivity contribution in [3.63, 3.8) is 0 Å². The van der Waals surface area contributed by atoms with Crippen molar-refractivity contribution in [3.8, 4) is 17.5 Å². The number of hydrogen-bond acceptors (Lipinski definition) is 7. The number of nitrogen functional groups attached to an aromatic ring is 1. The standard InChI is InChI=1S/C22H25N9/c1-3-6-16(7-4-2)11-30-12-17(10-27-30)20-19-21(24)25-15-26-22(19)31(28-20)18-8-5-9-29(13-18)14-23/h3-4,6-7,10,12,15,18H,1,5,8-9,11,13H2,2H3,(H2,24,25,26)/b7-4-,16-6+. The summed E-state index contributed by atoms with van der Waals surface area (Å²) in [6.07, 6.45) is 17.0. The first-order chi connectivity index (χ1) is 15.1. The Bertz CT molecular complexity index is 1190. The van der Waals surface area contributed by atoms with Crippen LogP contribution in [0.3, 0.4) is 0 Å². The molecule has 4 heterocycles. The normalized spacial score (nSPS) is 17.4. The predicted molar refractivity (Wildman–Crippen MR) is 120 cm³/mol. The molecule has 2 N–H and O–H groups in total. The molecule has 31 heavy (non-hydrogen) atoms. The van der Waals surface area contributed by atoms with Gasteiger partial charge in [0.1, 0.15) is 17.8 Å². The molecule has 1 saturated heterocycles. The summed E-state index contributed by atoms with van der Waals surface area (Å²) in [6.45, 7) is 7.74.